The van der Waals surface area contributed by atoms with E-state index in [-0.39, 0.29) is 42.1 Å². The number of rotatable bonds is 10. The lowest BCUT2D eigenvalue weighted by Gasteiger charge is -2.10. The Morgan fingerprint density at radius 3 is 2.34 bits per heavy atom. The maximum absolute atomic E-state index is 14.4. The zero-order valence-corrected chi connectivity index (χ0v) is 20.7. The SMILES string of the molecule is COCc1nn(Cc2ccc(Cn3cc(F)ccc3=O)cc2)cc1C(=O)NCc1c(F)ccc(OC)c1F. The molecule has 0 aliphatic carbocycles. The third kappa shape index (κ3) is 6.12. The Bertz CT molecular complexity index is 1500. The normalized spacial score (nSPS) is 11.0. The molecule has 0 saturated carbocycles. The van der Waals surface area contributed by atoms with Crippen LogP contribution in [0.2, 0.25) is 0 Å². The number of methoxy groups -OCH3 is 2. The molecule has 0 bridgehead atoms. The van der Waals surface area contributed by atoms with Crippen LogP contribution < -0.4 is 15.6 Å². The van der Waals surface area contributed by atoms with Gasteiger partial charge in [-0.3, -0.25) is 14.3 Å². The molecule has 8 nitrogen and oxygen atoms in total. The first-order valence-corrected chi connectivity index (χ1v) is 11.6. The number of nitrogens with zero attached hydrogens (tertiary/aromatic N) is 3. The van der Waals surface area contributed by atoms with Gasteiger partial charge in [0.05, 0.1) is 32.4 Å². The number of benzene rings is 2. The van der Waals surface area contributed by atoms with E-state index in [2.05, 4.69) is 10.4 Å². The van der Waals surface area contributed by atoms with Gasteiger partial charge in [0.1, 0.15) is 17.3 Å². The van der Waals surface area contributed by atoms with Crippen molar-refractivity contribution in [3.8, 4) is 5.75 Å². The average Bonchev–Trinajstić information content (AvgIpc) is 3.29. The van der Waals surface area contributed by atoms with Crippen molar-refractivity contribution in [3.63, 3.8) is 0 Å². The molecule has 4 rings (SSSR count). The number of nitrogens with one attached hydrogen (secondary N) is 1. The van der Waals surface area contributed by atoms with Crippen LogP contribution in [0, 0.1) is 17.5 Å². The van der Waals surface area contributed by atoms with Crippen molar-refractivity contribution in [2.45, 2.75) is 26.2 Å². The second kappa shape index (κ2) is 11.8. The van der Waals surface area contributed by atoms with Gasteiger partial charge in [0.2, 0.25) is 0 Å². The first-order chi connectivity index (χ1) is 18.3. The fourth-order valence-corrected chi connectivity index (χ4v) is 3.89. The van der Waals surface area contributed by atoms with Gasteiger partial charge in [-0.15, -0.1) is 0 Å². The topological polar surface area (TPSA) is 87.4 Å². The average molecular weight is 527 g/mol. The molecule has 0 saturated heterocycles. The van der Waals surface area contributed by atoms with Gasteiger partial charge in [0.15, 0.2) is 11.6 Å². The Balaban J connectivity index is 1.46. The summed E-state index contributed by atoms with van der Waals surface area (Å²) in [5.41, 5.74) is 1.61. The van der Waals surface area contributed by atoms with Crippen LogP contribution in [-0.2, 0) is 31.0 Å². The molecule has 38 heavy (non-hydrogen) atoms. The van der Waals surface area contributed by atoms with Gasteiger partial charge in [0.25, 0.3) is 11.5 Å². The van der Waals surface area contributed by atoms with Crippen LogP contribution in [0.25, 0.3) is 0 Å². The third-order valence-electron chi connectivity index (χ3n) is 5.83. The Kier molecular flexibility index (Phi) is 8.27. The van der Waals surface area contributed by atoms with Crippen molar-refractivity contribution in [1.82, 2.24) is 19.7 Å². The van der Waals surface area contributed by atoms with Crippen LogP contribution in [0.15, 0.2) is 65.7 Å². The minimum Gasteiger partial charge on any atom is -0.494 e. The molecule has 1 N–H and O–H groups in total. The standard InChI is InChI=1S/C27H25F3N4O4/c1-37-16-23-21(27(36)31-11-20-22(29)8-9-24(38-2)26(20)30)15-34(32-23)13-18-5-3-17(4-6-18)12-33-14-19(28)7-10-25(33)35/h3-10,14-15H,11-13,16H2,1-2H3,(H,31,36). The number of hydrogen-bond acceptors (Lipinski definition) is 5. The fourth-order valence-electron chi connectivity index (χ4n) is 3.89. The second-order valence-electron chi connectivity index (χ2n) is 8.47. The number of ether oxygens (including phenoxy) is 2. The fraction of sp³-hybridized carbons (Fsp3) is 0.222. The van der Waals surface area contributed by atoms with Gasteiger partial charge >= 0.3 is 0 Å². The molecule has 198 valence electrons. The van der Waals surface area contributed by atoms with Gasteiger partial charge in [-0.1, -0.05) is 24.3 Å². The molecule has 0 spiro atoms. The molecule has 2 aromatic carbocycles. The van der Waals surface area contributed by atoms with Gasteiger partial charge in [-0.2, -0.15) is 5.10 Å². The molecule has 11 heteroatoms. The van der Waals surface area contributed by atoms with Gasteiger partial charge in [0, 0.05) is 37.7 Å². The van der Waals surface area contributed by atoms with E-state index >= 15 is 0 Å². The molecule has 1 amide bonds. The highest BCUT2D eigenvalue weighted by Crippen LogP contribution is 2.23. The summed E-state index contributed by atoms with van der Waals surface area (Å²) < 4.78 is 54.9. The molecule has 0 aliphatic heterocycles. The Morgan fingerprint density at radius 2 is 1.66 bits per heavy atom. The van der Waals surface area contributed by atoms with E-state index in [1.54, 1.807) is 4.68 Å². The summed E-state index contributed by atoms with van der Waals surface area (Å²) in [6.07, 6.45) is 2.68. The third-order valence-corrected chi connectivity index (χ3v) is 5.83. The minimum atomic E-state index is -0.883. The van der Waals surface area contributed by atoms with Gasteiger partial charge < -0.3 is 19.4 Å². The summed E-state index contributed by atoms with van der Waals surface area (Å²) in [6, 6.07) is 11.8. The molecule has 2 aromatic heterocycles. The number of aromatic nitrogens is 3. The molecule has 0 atom stereocenters. The minimum absolute atomic E-state index is 0.0545. The molecule has 4 aromatic rings. The lowest BCUT2D eigenvalue weighted by atomic mass is 10.1. The summed E-state index contributed by atoms with van der Waals surface area (Å²) in [5, 5.41) is 6.95. The van der Waals surface area contributed by atoms with E-state index in [1.807, 2.05) is 24.3 Å². The molecular weight excluding hydrogens is 501 g/mol. The van der Waals surface area contributed by atoms with Crippen LogP contribution in [0.3, 0.4) is 0 Å². The maximum atomic E-state index is 14.4. The van der Waals surface area contributed by atoms with E-state index in [1.165, 1.54) is 37.1 Å². The van der Waals surface area contributed by atoms with Crippen LogP contribution >= 0.6 is 0 Å². The number of carbonyl (C=O) groups is 1. The lowest BCUT2D eigenvalue weighted by Crippen LogP contribution is -2.25. The highest BCUT2D eigenvalue weighted by atomic mass is 19.1. The summed E-state index contributed by atoms with van der Waals surface area (Å²) in [4.78, 5) is 24.8. The summed E-state index contributed by atoms with van der Waals surface area (Å²) >= 11 is 0. The largest absolute Gasteiger partial charge is 0.494 e. The highest BCUT2D eigenvalue weighted by molar-refractivity contribution is 5.95. The highest BCUT2D eigenvalue weighted by Gasteiger charge is 2.19. The first-order valence-electron chi connectivity index (χ1n) is 11.6. The molecule has 0 unspecified atom stereocenters. The summed E-state index contributed by atoms with van der Waals surface area (Å²) in [5.74, 6) is -2.88. The van der Waals surface area contributed by atoms with Gasteiger partial charge in [-0.25, -0.2) is 13.2 Å². The predicted molar refractivity (Wildman–Crippen MR) is 132 cm³/mol. The van der Waals surface area contributed by atoms with E-state index in [0.717, 1.165) is 29.5 Å². The zero-order valence-electron chi connectivity index (χ0n) is 20.7. The molecule has 0 radical (unpaired) electrons. The zero-order chi connectivity index (χ0) is 27.2. The molecular formula is C27H25F3N4O4. The summed E-state index contributed by atoms with van der Waals surface area (Å²) in [7, 11) is 2.73. The van der Waals surface area contributed by atoms with Gasteiger partial charge in [-0.05, 0) is 29.3 Å². The quantitative estimate of drug-likeness (QED) is 0.341. The Morgan fingerprint density at radius 1 is 0.947 bits per heavy atom. The van der Waals surface area contributed by atoms with E-state index in [4.69, 9.17) is 9.47 Å². The van der Waals surface area contributed by atoms with Crippen molar-refractivity contribution >= 4 is 5.91 Å². The Hall–Kier alpha value is -4.38. The van der Waals surface area contributed by atoms with Crippen LogP contribution in [0.1, 0.15) is 32.7 Å². The first kappa shape index (κ1) is 26.7. The second-order valence-corrected chi connectivity index (χ2v) is 8.47. The summed E-state index contributed by atoms with van der Waals surface area (Å²) in [6.45, 7) is 0.207. The molecule has 0 fully saturated rings. The van der Waals surface area contributed by atoms with Crippen LogP contribution in [0.5, 0.6) is 5.75 Å². The molecule has 0 aliphatic rings. The van der Waals surface area contributed by atoms with Crippen molar-refractivity contribution < 1.29 is 27.4 Å². The van der Waals surface area contributed by atoms with Crippen molar-refractivity contribution in [2.75, 3.05) is 14.2 Å². The number of amides is 1. The van der Waals surface area contributed by atoms with Crippen LogP contribution in [0.4, 0.5) is 13.2 Å². The number of halogens is 3. The number of hydrogen-bond donors (Lipinski definition) is 1. The van der Waals surface area contributed by atoms with Crippen molar-refractivity contribution in [3.05, 3.63) is 117 Å². The van der Waals surface area contributed by atoms with E-state index in [9.17, 15) is 22.8 Å². The Labute approximate surface area is 216 Å². The van der Waals surface area contributed by atoms with Crippen molar-refractivity contribution in [1.29, 1.82) is 0 Å². The maximum Gasteiger partial charge on any atom is 0.255 e. The van der Waals surface area contributed by atoms with Crippen molar-refractivity contribution in [2.24, 2.45) is 0 Å². The lowest BCUT2D eigenvalue weighted by molar-refractivity contribution is 0.0945. The molecule has 2 heterocycles. The van der Waals surface area contributed by atoms with E-state index < -0.39 is 23.4 Å². The number of carbonyl (C=O) groups excluding carboxylic acids is 1. The van der Waals surface area contributed by atoms with E-state index in [0.29, 0.717) is 12.2 Å². The van der Waals surface area contributed by atoms with Crippen LogP contribution in [-0.4, -0.2) is 34.5 Å². The monoisotopic (exact) mass is 526 g/mol. The predicted octanol–water partition coefficient (Wildman–Crippen LogP) is 3.64. The smallest absolute Gasteiger partial charge is 0.255 e. The number of pyridine rings is 1.